The SMILES string of the molecule is Cc1ccc(C(=O)N2CCCC(CCN)C2)s1. The second-order valence-corrected chi connectivity index (χ2v) is 6.03. The van der Waals surface area contributed by atoms with Gasteiger partial charge < -0.3 is 10.6 Å². The molecule has 1 aromatic heterocycles. The van der Waals surface area contributed by atoms with Crippen molar-refractivity contribution in [2.24, 2.45) is 11.7 Å². The van der Waals surface area contributed by atoms with Crippen LogP contribution in [0.1, 0.15) is 33.8 Å². The van der Waals surface area contributed by atoms with E-state index < -0.39 is 0 Å². The van der Waals surface area contributed by atoms with Gasteiger partial charge in [0.25, 0.3) is 5.91 Å². The van der Waals surface area contributed by atoms with Crippen LogP contribution in [-0.4, -0.2) is 30.4 Å². The number of piperidine rings is 1. The second kappa shape index (κ2) is 5.65. The predicted octanol–water partition coefficient (Wildman–Crippen LogP) is 2.26. The number of aryl methyl sites for hydroxylation is 1. The Kier molecular flexibility index (Phi) is 4.18. The van der Waals surface area contributed by atoms with Gasteiger partial charge >= 0.3 is 0 Å². The van der Waals surface area contributed by atoms with Crippen molar-refractivity contribution in [1.29, 1.82) is 0 Å². The number of rotatable bonds is 3. The zero-order valence-corrected chi connectivity index (χ0v) is 11.1. The number of nitrogens with two attached hydrogens (primary N) is 1. The number of carbonyl (C=O) groups excluding carboxylic acids is 1. The van der Waals surface area contributed by atoms with Crippen LogP contribution in [0, 0.1) is 12.8 Å². The summed E-state index contributed by atoms with van der Waals surface area (Å²) in [6.45, 7) is 4.55. The molecule has 2 rings (SSSR count). The smallest absolute Gasteiger partial charge is 0.263 e. The van der Waals surface area contributed by atoms with Gasteiger partial charge in [0.2, 0.25) is 0 Å². The molecule has 0 bridgehead atoms. The summed E-state index contributed by atoms with van der Waals surface area (Å²) in [5.74, 6) is 0.795. The molecule has 1 aliphatic rings. The predicted molar refractivity (Wildman–Crippen MR) is 71.4 cm³/mol. The third kappa shape index (κ3) is 3.07. The lowest BCUT2D eigenvalue weighted by Crippen LogP contribution is -2.40. The Morgan fingerprint density at radius 1 is 1.59 bits per heavy atom. The van der Waals surface area contributed by atoms with Gasteiger partial charge in [0, 0.05) is 18.0 Å². The standard InChI is InChI=1S/C13H20N2OS/c1-10-4-5-12(17-10)13(16)15-8-2-3-11(9-15)6-7-14/h4-5,11H,2-3,6-9,14H2,1H3. The first kappa shape index (κ1) is 12.6. The highest BCUT2D eigenvalue weighted by Crippen LogP contribution is 2.23. The molecule has 1 aliphatic heterocycles. The summed E-state index contributed by atoms with van der Waals surface area (Å²) in [6.07, 6.45) is 3.36. The molecular weight excluding hydrogens is 232 g/mol. The molecule has 0 radical (unpaired) electrons. The Balaban J connectivity index is 1.99. The molecule has 3 nitrogen and oxygen atoms in total. The van der Waals surface area contributed by atoms with Crippen molar-refractivity contribution in [2.45, 2.75) is 26.2 Å². The number of likely N-dealkylation sites (tertiary alicyclic amines) is 1. The molecule has 1 aromatic rings. The quantitative estimate of drug-likeness (QED) is 0.897. The molecule has 2 heterocycles. The van der Waals surface area contributed by atoms with Crippen molar-refractivity contribution in [3.05, 3.63) is 21.9 Å². The molecule has 1 atom stereocenters. The zero-order valence-electron chi connectivity index (χ0n) is 10.3. The Bertz CT molecular complexity index is 387. The van der Waals surface area contributed by atoms with E-state index in [1.807, 2.05) is 24.0 Å². The number of thiophene rings is 1. The van der Waals surface area contributed by atoms with Gasteiger partial charge in [-0.3, -0.25) is 4.79 Å². The summed E-state index contributed by atoms with van der Waals surface area (Å²) < 4.78 is 0. The Labute approximate surface area is 107 Å². The van der Waals surface area contributed by atoms with Crippen molar-refractivity contribution in [3.8, 4) is 0 Å². The maximum atomic E-state index is 12.3. The lowest BCUT2D eigenvalue weighted by molar-refractivity contribution is 0.0674. The molecule has 17 heavy (non-hydrogen) atoms. The van der Waals surface area contributed by atoms with Gasteiger partial charge in [0.1, 0.15) is 0 Å². The van der Waals surface area contributed by atoms with Crippen LogP contribution in [0.3, 0.4) is 0 Å². The molecule has 1 saturated heterocycles. The third-order valence-corrected chi connectivity index (χ3v) is 4.32. The van der Waals surface area contributed by atoms with Crippen molar-refractivity contribution in [1.82, 2.24) is 4.90 Å². The van der Waals surface area contributed by atoms with Gasteiger partial charge in [-0.25, -0.2) is 0 Å². The molecule has 0 saturated carbocycles. The van der Waals surface area contributed by atoms with Gasteiger partial charge in [-0.1, -0.05) is 0 Å². The lowest BCUT2D eigenvalue weighted by atomic mass is 9.95. The maximum absolute atomic E-state index is 12.3. The highest BCUT2D eigenvalue weighted by Gasteiger charge is 2.24. The first-order valence-corrected chi connectivity index (χ1v) is 7.08. The second-order valence-electron chi connectivity index (χ2n) is 4.75. The average Bonchev–Trinajstić information content (AvgIpc) is 2.76. The van der Waals surface area contributed by atoms with Crippen molar-refractivity contribution >= 4 is 17.2 Å². The normalized spacial score (nSPS) is 20.6. The van der Waals surface area contributed by atoms with Crippen molar-refractivity contribution in [2.75, 3.05) is 19.6 Å². The highest BCUT2D eigenvalue weighted by molar-refractivity contribution is 7.13. The summed E-state index contributed by atoms with van der Waals surface area (Å²) >= 11 is 1.59. The van der Waals surface area contributed by atoms with Crippen LogP contribution in [-0.2, 0) is 0 Å². The number of carbonyl (C=O) groups is 1. The fourth-order valence-corrected chi connectivity index (χ4v) is 3.26. The number of amides is 1. The van der Waals surface area contributed by atoms with Crippen LogP contribution in [0.5, 0.6) is 0 Å². The van der Waals surface area contributed by atoms with Crippen LogP contribution < -0.4 is 5.73 Å². The minimum absolute atomic E-state index is 0.199. The number of nitrogens with zero attached hydrogens (tertiary/aromatic N) is 1. The topological polar surface area (TPSA) is 46.3 Å². The molecular formula is C13H20N2OS. The van der Waals surface area contributed by atoms with E-state index in [1.54, 1.807) is 11.3 Å². The van der Waals surface area contributed by atoms with Gasteiger partial charge in [-0.15, -0.1) is 11.3 Å². The lowest BCUT2D eigenvalue weighted by Gasteiger charge is -2.32. The minimum Gasteiger partial charge on any atom is -0.338 e. The molecule has 4 heteroatoms. The van der Waals surface area contributed by atoms with Crippen LogP contribution in [0.25, 0.3) is 0 Å². The van der Waals surface area contributed by atoms with Crippen LogP contribution in [0.15, 0.2) is 12.1 Å². The summed E-state index contributed by atoms with van der Waals surface area (Å²) in [5.41, 5.74) is 5.59. The maximum Gasteiger partial charge on any atom is 0.263 e. The van der Waals surface area contributed by atoms with Crippen LogP contribution in [0.2, 0.25) is 0 Å². The summed E-state index contributed by atoms with van der Waals surface area (Å²) in [6, 6.07) is 3.95. The largest absolute Gasteiger partial charge is 0.338 e. The zero-order chi connectivity index (χ0) is 12.3. The van der Waals surface area contributed by atoms with Gasteiger partial charge in [0.15, 0.2) is 0 Å². The number of hydrogen-bond donors (Lipinski definition) is 1. The van der Waals surface area contributed by atoms with E-state index in [2.05, 4.69) is 0 Å². The van der Waals surface area contributed by atoms with E-state index in [0.29, 0.717) is 5.92 Å². The van der Waals surface area contributed by atoms with E-state index in [-0.39, 0.29) is 5.91 Å². The number of hydrogen-bond acceptors (Lipinski definition) is 3. The average molecular weight is 252 g/mol. The van der Waals surface area contributed by atoms with E-state index in [9.17, 15) is 4.79 Å². The Hall–Kier alpha value is -0.870. The fraction of sp³-hybridized carbons (Fsp3) is 0.615. The monoisotopic (exact) mass is 252 g/mol. The highest BCUT2D eigenvalue weighted by atomic mass is 32.1. The summed E-state index contributed by atoms with van der Waals surface area (Å²) in [4.78, 5) is 16.3. The summed E-state index contributed by atoms with van der Waals surface area (Å²) in [5, 5.41) is 0. The third-order valence-electron chi connectivity index (χ3n) is 3.33. The Morgan fingerprint density at radius 2 is 2.41 bits per heavy atom. The van der Waals surface area contributed by atoms with Crippen LogP contribution >= 0.6 is 11.3 Å². The van der Waals surface area contributed by atoms with Crippen molar-refractivity contribution in [3.63, 3.8) is 0 Å². The van der Waals surface area contributed by atoms with E-state index in [4.69, 9.17) is 5.73 Å². The molecule has 0 aliphatic carbocycles. The molecule has 0 aromatic carbocycles. The molecule has 2 N–H and O–H groups in total. The molecule has 1 amide bonds. The van der Waals surface area contributed by atoms with Crippen molar-refractivity contribution < 1.29 is 4.79 Å². The van der Waals surface area contributed by atoms with E-state index in [1.165, 1.54) is 11.3 Å². The van der Waals surface area contributed by atoms with Gasteiger partial charge in [-0.2, -0.15) is 0 Å². The van der Waals surface area contributed by atoms with Gasteiger partial charge in [-0.05, 0) is 50.8 Å². The molecule has 1 unspecified atom stereocenters. The fourth-order valence-electron chi connectivity index (χ4n) is 2.43. The van der Waals surface area contributed by atoms with Crippen LogP contribution in [0.4, 0.5) is 0 Å². The first-order valence-electron chi connectivity index (χ1n) is 6.26. The Morgan fingerprint density at radius 3 is 3.06 bits per heavy atom. The summed E-state index contributed by atoms with van der Waals surface area (Å²) in [7, 11) is 0. The van der Waals surface area contributed by atoms with E-state index in [0.717, 1.165) is 37.4 Å². The molecule has 0 spiro atoms. The molecule has 94 valence electrons. The first-order chi connectivity index (χ1) is 8.20. The minimum atomic E-state index is 0.199. The molecule has 1 fully saturated rings. The van der Waals surface area contributed by atoms with E-state index >= 15 is 0 Å². The van der Waals surface area contributed by atoms with Gasteiger partial charge in [0.05, 0.1) is 4.88 Å².